The van der Waals surface area contributed by atoms with Gasteiger partial charge in [0.25, 0.3) is 5.56 Å². The lowest BCUT2D eigenvalue weighted by Gasteiger charge is -2.23. The highest BCUT2D eigenvalue weighted by molar-refractivity contribution is 7.99. The Labute approximate surface area is 156 Å². The number of nitrogens with zero attached hydrogens (tertiary/aromatic N) is 3. The molecule has 0 bridgehead atoms. The Hall–Kier alpha value is -1.90. The second-order valence-corrected chi connectivity index (χ2v) is 8.22. The number of hydrogen-bond acceptors (Lipinski definition) is 6. The molecule has 1 aliphatic heterocycles. The molecule has 128 valence electrons. The van der Waals surface area contributed by atoms with E-state index in [1.54, 1.807) is 23.8 Å². The average Bonchev–Trinajstić information content (AvgIpc) is 2.99. The summed E-state index contributed by atoms with van der Waals surface area (Å²) in [7, 11) is 0. The number of benzene rings is 1. The van der Waals surface area contributed by atoms with E-state index in [4.69, 9.17) is 11.6 Å². The fourth-order valence-electron chi connectivity index (χ4n) is 2.62. The summed E-state index contributed by atoms with van der Waals surface area (Å²) in [4.78, 5) is 33.5. The topological polar surface area (TPSA) is 76.9 Å². The molecule has 6 nitrogen and oxygen atoms in total. The largest absolute Gasteiger partial charge is 0.302 e. The zero-order chi connectivity index (χ0) is 17.6. The van der Waals surface area contributed by atoms with Crippen LogP contribution in [0.3, 0.4) is 0 Å². The van der Waals surface area contributed by atoms with Gasteiger partial charge in [-0.25, -0.2) is 9.97 Å². The maximum absolute atomic E-state index is 12.6. The van der Waals surface area contributed by atoms with Crippen LogP contribution >= 0.6 is 34.7 Å². The zero-order valence-electron chi connectivity index (χ0n) is 13.2. The number of thioether (sulfide) groups is 1. The van der Waals surface area contributed by atoms with Gasteiger partial charge >= 0.3 is 0 Å². The molecule has 1 N–H and O–H groups in total. The van der Waals surface area contributed by atoms with Crippen LogP contribution in [0.5, 0.6) is 0 Å². The van der Waals surface area contributed by atoms with E-state index < -0.39 is 0 Å². The van der Waals surface area contributed by atoms with Crippen LogP contribution in [0.15, 0.2) is 34.3 Å². The van der Waals surface area contributed by atoms with Crippen LogP contribution in [0.4, 0.5) is 5.13 Å². The first-order chi connectivity index (χ1) is 12.0. The van der Waals surface area contributed by atoms with Gasteiger partial charge in [-0.1, -0.05) is 34.7 Å². The van der Waals surface area contributed by atoms with Gasteiger partial charge in [-0.2, -0.15) is 0 Å². The van der Waals surface area contributed by atoms with Gasteiger partial charge in [-0.15, -0.1) is 0 Å². The Bertz CT molecular complexity index is 1050. The standard InChI is InChI=1S/C16H13ClN4O2S2/c1-8-5-18-16-21(14(8)23)6-9(7-24-16)13(22)20-15-19-11-3-2-10(17)4-12(11)25-15/h2-5,9H,6-7H2,1H3,(H,19,20,22). The molecule has 1 aliphatic rings. The molecule has 3 heterocycles. The summed E-state index contributed by atoms with van der Waals surface area (Å²) >= 11 is 8.78. The molecule has 2 aromatic heterocycles. The number of thiazole rings is 1. The minimum absolute atomic E-state index is 0.0929. The minimum atomic E-state index is -0.311. The van der Waals surface area contributed by atoms with Crippen molar-refractivity contribution in [1.82, 2.24) is 14.5 Å². The van der Waals surface area contributed by atoms with E-state index in [2.05, 4.69) is 15.3 Å². The molecule has 4 rings (SSSR count). The smallest absolute Gasteiger partial charge is 0.257 e. The van der Waals surface area contributed by atoms with Gasteiger partial charge in [0.1, 0.15) is 0 Å². The molecule has 0 saturated carbocycles. The Balaban J connectivity index is 1.55. The number of halogens is 1. The number of aromatic nitrogens is 3. The van der Waals surface area contributed by atoms with E-state index in [0.717, 1.165) is 10.2 Å². The molecule has 25 heavy (non-hydrogen) atoms. The number of aryl methyl sites for hydroxylation is 1. The van der Waals surface area contributed by atoms with Crippen LogP contribution in [-0.4, -0.2) is 26.2 Å². The van der Waals surface area contributed by atoms with Crippen LogP contribution in [-0.2, 0) is 11.3 Å². The highest BCUT2D eigenvalue weighted by atomic mass is 35.5. The van der Waals surface area contributed by atoms with Crippen LogP contribution in [0.1, 0.15) is 5.56 Å². The van der Waals surface area contributed by atoms with Crippen molar-refractivity contribution >= 4 is 56.0 Å². The average molecular weight is 393 g/mol. The van der Waals surface area contributed by atoms with Gasteiger partial charge in [0.15, 0.2) is 10.3 Å². The molecular formula is C16H13ClN4O2S2. The molecule has 0 radical (unpaired) electrons. The second kappa shape index (κ2) is 6.44. The van der Waals surface area contributed by atoms with Crippen LogP contribution < -0.4 is 10.9 Å². The quantitative estimate of drug-likeness (QED) is 0.678. The van der Waals surface area contributed by atoms with Crippen molar-refractivity contribution in [2.24, 2.45) is 5.92 Å². The van der Waals surface area contributed by atoms with Gasteiger partial charge in [0, 0.05) is 29.1 Å². The number of amides is 1. The number of carbonyl (C=O) groups excluding carboxylic acids is 1. The van der Waals surface area contributed by atoms with Crippen LogP contribution in [0.2, 0.25) is 5.02 Å². The molecule has 1 amide bonds. The van der Waals surface area contributed by atoms with Crippen LogP contribution in [0.25, 0.3) is 10.2 Å². The van der Waals surface area contributed by atoms with Gasteiger partial charge in [-0.3, -0.25) is 14.2 Å². The minimum Gasteiger partial charge on any atom is -0.302 e. The highest BCUT2D eigenvalue weighted by Crippen LogP contribution is 2.30. The van der Waals surface area contributed by atoms with Gasteiger partial charge in [-0.05, 0) is 25.1 Å². The van der Waals surface area contributed by atoms with Crippen molar-refractivity contribution in [3.8, 4) is 0 Å². The SMILES string of the molecule is Cc1cnc2n(c1=O)CC(C(=O)Nc1nc3ccc(Cl)cc3s1)CS2. The molecule has 0 spiro atoms. The van der Waals surface area contributed by atoms with Crippen molar-refractivity contribution in [2.45, 2.75) is 18.6 Å². The molecule has 3 aromatic rings. The molecule has 9 heteroatoms. The third kappa shape index (κ3) is 3.17. The summed E-state index contributed by atoms with van der Waals surface area (Å²) in [6, 6.07) is 5.42. The van der Waals surface area contributed by atoms with Crippen molar-refractivity contribution in [2.75, 3.05) is 11.1 Å². The fraction of sp³-hybridized carbons (Fsp3) is 0.250. The molecule has 1 unspecified atom stereocenters. The molecule has 1 atom stereocenters. The monoisotopic (exact) mass is 392 g/mol. The predicted molar refractivity (Wildman–Crippen MR) is 101 cm³/mol. The second-order valence-electron chi connectivity index (χ2n) is 5.77. The molecule has 0 fully saturated rings. The summed E-state index contributed by atoms with van der Waals surface area (Å²) in [5.41, 5.74) is 1.28. The van der Waals surface area contributed by atoms with E-state index in [0.29, 0.717) is 33.2 Å². The molecule has 1 aromatic carbocycles. The zero-order valence-corrected chi connectivity index (χ0v) is 15.5. The molecular weight excluding hydrogens is 380 g/mol. The lowest BCUT2D eigenvalue weighted by molar-refractivity contribution is -0.119. The van der Waals surface area contributed by atoms with Crippen molar-refractivity contribution in [1.29, 1.82) is 0 Å². The molecule has 0 aliphatic carbocycles. The number of rotatable bonds is 2. The Morgan fingerprint density at radius 2 is 2.28 bits per heavy atom. The number of hydrogen-bond donors (Lipinski definition) is 1. The van der Waals surface area contributed by atoms with Crippen molar-refractivity contribution < 1.29 is 4.79 Å². The van der Waals surface area contributed by atoms with E-state index in [1.807, 2.05) is 12.1 Å². The van der Waals surface area contributed by atoms with Crippen molar-refractivity contribution in [3.63, 3.8) is 0 Å². The maximum atomic E-state index is 12.6. The number of fused-ring (bicyclic) bond motifs is 2. The Morgan fingerprint density at radius 1 is 1.44 bits per heavy atom. The summed E-state index contributed by atoms with van der Waals surface area (Å²) in [6.07, 6.45) is 1.58. The lowest BCUT2D eigenvalue weighted by Crippen LogP contribution is -2.37. The molecule has 0 saturated heterocycles. The maximum Gasteiger partial charge on any atom is 0.257 e. The number of anilines is 1. The first kappa shape index (κ1) is 16.6. The Morgan fingerprint density at radius 3 is 3.12 bits per heavy atom. The Kier molecular flexibility index (Phi) is 4.26. The number of carbonyl (C=O) groups is 1. The summed E-state index contributed by atoms with van der Waals surface area (Å²) < 4.78 is 2.49. The third-order valence-electron chi connectivity index (χ3n) is 3.95. The highest BCUT2D eigenvalue weighted by Gasteiger charge is 2.27. The summed E-state index contributed by atoms with van der Waals surface area (Å²) in [6.45, 7) is 2.06. The van der Waals surface area contributed by atoms with E-state index in [1.165, 1.54) is 23.1 Å². The summed E-state index contributed by atoms with van der Waals surface area (Å²) in [5, 5.41) is 4.69. The van der Waals surface area contributed by atoms with Crippen molar-refractivity contribution in [3.05, 3.63) is 45.3 Å². The van der Waals surface area contributed by atoms with E-state index in [9.17, 15) is 9.59 Å². The van der Waals surface area contributed by atoms with E-state index >= 15 is 0 Å². The van der Waals surface area contributed by atoms with Gasteiger partial charge in [0.2, 0.25) is 5.91 Å². The number of nitrogens with one attached hydrogen (secondary N) is 1. The van der Waals surface area contributed by atoms with Gasteiger partial charge in [0.05, 0.1) is 16.1 Å². The lowest BCUT2D eigenvalue weighted by atomic mass is 10.1. The normalized spacial score (nSPS) is 16.6. The summed E-state index contributed by atoms with van der Waals surface area (Å²) in [5.74, 6) is 0.129. The van der Waals surface area contributed by atoms with E-state index in [-0.39, 0.29) is 17.4 Å². The van der Waals surface area contributed by atoms with Crippen LogP contribution in [0, 0.1) is 12.8 Å². The fourth-order valence-corrected chi connectivity index (χ4v) is 4.81. The first-order valence-corrected chi connectivity index (χ1v) is 9.75. The predicted octanol–water partition coefficient (Wildman–Crippen LogP) is 3.18. The van der Waals surface area contributed by atoms with Gasteiger partial charge < -0.3 is 5.32 Å². The third-order valence-corrected chi connectivity index (χ3v) is 6.27. The first-order valence-electron chi connectivity index (χ1n) is 7.57.